The maximum Gasteiger partial charge on any atom is 0.408 e. The molecule has 2 aromatic rings. The summed E-state index contributed by atoms with van der Waals surface area (Å²) in [4.78, 5) is 63.9. The van der Waals surface area contributed by atoms with Gasteiger partial charge in [0.2, 0.25) is 17.6 Å². The van der Waals surface area contributed by atoms with E-state index in [0.29, 0.717) is 12.8 Å². The Balaban J connectivity index is 2.11. The third-order valence-corrected chi connectivity index (χ3v) is 6.65. The summed E-state index contributed by atoms with van der Waals surface area (Å²) in [6, 6.07) is 15.5. The van der Waals surface area contributed by atoms with Gasteiger partial charge in [0.15, 0.2) is 0 Å². The topological polar surface area (TPSA) is 157 Å². The Kier molecular flexibility index (Phi) is 13.5. The van der Waals surface area contributed by atoms with Crippen molar-refractivity contribution in [2.75, 3.05) is 0 Å². The summed E-state index contributed by atoms with van der Waals surface area (Å²) in [6.07, 6.45) is 0.167. The molecule has 0 aliphatic rings. The zero-order valence-electron chi connectivity index (χ0n) is 24.2. The number of nitrogens with two attached hydrogens (primary N) is 1. The molecular formula is C31H42N4O6. The maximum absolute atomic E-state index is 13.3. The molecule has 1 unspecified atom stereocenters. The Labute approximate surface area is 241 Å². The Hall–Kier alpha value is -4.21. The standard InChI is InChI=1S/C31H42N4O6/c1-5-21(4)27(28(37)30(39)33-24(18-26(32)36)17-22-12-8-6-9-13-22)35-29(38)25(16-20(2)3)34-31(40)41-19-23-14-10-7-11-15-23/h6-15,20-21,24-25,27H,5,16-19H2,1-4H3,(H2,32,36)(H,33,39)(H,34,40)(H,35,38)/t21-,24-,25-,27?/m0/s1. The highest BCUT2D eigenvalue weighted by Gasteiger charge is 2.34. The molecule has 2 aromatic carbocycles. The number of ketones is 1. The van der Waals surface area contributed by atoms with Gasteiger partial charge in [-0.3, -0.25) is 19.2 Å². The molecule has 0 spiro atoms. The van der Waals surface area contributed by atoms with Crippen LogP contribution in [0, 0.1) is 11.8 Å². The summed E-state index contributed by atoms with van der Waals surface area (Å²) in [5.74, 6) is -3.33. The molecule has 0 aliphatic carbocycles. The van der Waals surface area contributed by atoms with E-state index in [0.717, 1.165) is 11.1 Å². The number of benzene rings is 2. The molecule has 0 fully saturated rings. The van der Waals surface area contributed by atoms with Crippen LogP contribution in [0.25, 0.3) is 0 Å². The molecule has 0 saturated carbocycles. The molecule has 10 heteroatoms. The number of primary amides is 1. The van der Waals surface area contributed by atoms with E-state index in [1.54, 1.807) is 6.92 Å². The van der Waals surface area contributed by atoms with Crippen LogP contribution in [-0.2, 0) is 36.9 Å². The van der Waals surface area contributed by atoms with E-state index < -0.39 is 47.7 Å². The average Bonchev–Trinajstić information content (AvgIpc) is 2.94. The first-order valence-corrected chi connectivity index (χ1v) is 13.9. The van der Waals surface area contributed by atoms with E-state index in [1.807, 2.05) is 81.4 Å². The van der Waals surface area contributed by atoms with Crippen molar-refractivity contribution >= 4 is 29.6 Å². The number of amides is 4. The number of carbonyl (C=O) groups is 5. The Morgan fingerprint density at radius 2 is 1.41 bits per heavy atom. The van der Waals surface area contributed by atoms with Crippen molar-refractivity contribution in [2.45, 2.75) is 78.1 Å². The van der Waals surface area contributed by atoms with Crippen LogP contribution in [0.1, 0.15) is 58.1 Å². The molecule has 2 rings (SSSR count). The molecule has 0 bridgehead atoms. The van der Waals surface area contributed by atoms with Gasteiger partial charge in [-0.2, -0.15) is 0 Å². The van der Waals surface area contributed by atoms with Gasteiger partial charge in [0.05, 0.1) is 6.04 Å². The number of carbonyl (C=O) groups excluding carboxylic acids is 5. The zero-order valence-corrected chi connectivity index (χ0v) is 24.2. The summed E-state index contributed by atoms with van der Waals surface area (Å²) < 4.78 is 5.27. The van der Waals surface area contributed by atoms with Crippen LogP contribution in [0.5, 0.6) is 0 Å². The van der Waals surface area contributed by atoms with Crippen LogP contribution in [0.2, 0.25) is 0 Å². The van der Waals surface area contributed by atoms with Gasteiger partial charge in [-0.05, 0) is 35.8 Å². The first kappa shape index (κ1) is 33.0. The van der Waals surface area contributed by atoms with E-state index in [2.05, 4.69) is 16.0 Å². The summed E-state index contributed by atoms with van der Waals surface area (Å²) in [5, 5.41) is 7.90. The van der Waals surface area contributed by atoms with Crippen molar-refractivity contribution < 1.29 is 28.7 Å². The smallest absolute Gasteiger partial charge is 0.408 e. The first-order valence-electron chi connectivity index (χ1n) is 13.9. The van der Waals surface area contributed by atoms with Crippen LogP contribution < -0.4 is 21.7 Å². The largest absolute Gasteiger partial charge is 0.445 e. The molecule has 0 radical (unpaired) electrons. The molecule has 41 heavy (non-hydrogen) atoms. The molecule has 5 N–H and O–H groups in total. The second kappa shape index (κ2) is 16.8. The van der Waals surface area contributed by atoms with E-state index in [9.17, 15) is 24.0 Å². The fourth-order valence-electron chi connectivity index (χ4n) is 4.28. The quantitative estimate of drug-likeness (QED) is 0.229. The summed E-state index contributed by atoms with van der Waals surface area (Å²) in [6.45, 7) is 7.42. The van der Waals surface area contributed by atoms with Crippen LogP contribution >= 0.6 is 0 Å². The SMILES string of the molecule is CC[C@H](C)C(NC(=O)[C@H](CC(C)C)NC(=O)OCc1ccccc1)C(=O)C(=O)N[C@H](CC(N)=O)Cc1ccccc1. The van der Waals surface area contributed by atoms with Gasteiger partial charge >= 0.3 is 6.09 Å². The minimum Gasteiger partial charge on any atom is -0.445 e. The van der Waals surface area contributed by atoms with Gasteiger partial charge in [-0.1, -0.05) is 94.8 Å². The van der Waals surface area contributed by atoms with Crippen molar-refractivity contribution in [1.29, 1.82) is 0 Å². The number of ether oxygens (including phenoxy) is 1. The molecule has 222 valence electrons. The lowest BCUT2D eigenvalue weighted by Gasteiger charge is -2.27. The van der Waals surface area contributed by atoms with Crippen molar-refractivity contribution in [3.05, 3.63) is 71.8 Å². The molecule has 0 aliphatic heterocycles. The minimum absolute atomic E-state index is 0.0340. The van der Waals surface area contributed by atoms with Crippen molar-refractivity contribution in [3.8, 4) is 0 Å². The van der Waals surface area contributed by atoms with E-state index >= 15 is 0 Å². The third-order valence-electron chi connectivity index (χ3n) is 6.65. The average molecular weight is 567 g/mol. The monoisotopic (exact) mass is 566 g/mol. The number of rotatable bonds is 16. The van der Waals surface area contributed by atoms with E-state index in [-0.39, 0.29) is 31.3 Å². The van der Waals surface area contributed by atoms with Gasteiger partial charge in [0.25, 0.3) is 5.91 Å². The third kappa shape index (κ3) is 11.8. The normalized spacial score (nSPS) is 13.8. The Morgan fingerprint density at radius 1 is 0.829 bits per heavy atom. The number of nitrogens with one attached hydrogen (secondary N) is 3. The van der Waals surface area contributed by atoms with Gasteiger partial charge in [0, 0.05) is 12.5 Å². The summed E-state index contributed by atoms with van der Waals surface area (Å²) in [7, 11) is 0. The van der Waals surface area contributed by atoms with Crippen LogP contribution in [0.3, 0.4) is 0 Å². The van der Waals surface area contributed by atoms with Gasteiger partial charge in [-0.15, -0.1) is 0 Å². The minimum atomic E-state index is -1.14. The summed E-state index contributed by atoms with van der Waals surface area (Å²) in [5.41, 5.74) is 7.04. The van der Waals surface area contributed by atoms with Crippen molar-refractivity contribution in [2.24, 2.45) is 17.6 Å². The molecule has 0 saturated heterocycles. The predicted octanol–water partition coefficient (Wildman–Crippen LogP) is 3.03. The highest BCUT2D eigenvalue weighted by Crippen LogP contribution is 2.13. The number of Topliss-reactive ketones (excluding diaryl/α,β-unsaturated/α-hetero) is 1. The molecule has 4 amide bonds. The molecule has 4 atom stereocenters. The molecule has 10 nitrogen and oxygen atoms in total. The number of hydrogen-bond acceptors (Lipinski definition) is 6. The first-order chi connectivity index (χ1) is 19.5. The fourth-order valence-corrected chi connectivity index (χ4v) is 4.28. The zero-order chi connectivity index (χ0) is 30.4. The summed E-state index contributed by atoms with van der Waals surface area (Å²) >= 11 is 0. The Bertz CT molecular complexity index is 1160. The highest BCUT2D eigenvalue weighted by molar-refractivity contribution is 6.38. The number of hydrogen-bond donors (Lipinski definition) is 4. The van der Waals surface area contributed by atoms with Crippen LogP contribution in [-0.4, -0.2) is 47.7 Å². The second-order valence-electron chi connectivity index (χ2n) is 10.7. The predicted molar refractivity (Wildman–Crippen MR) is 155 cm³/mol. The molecule has 0 aromatic heterocycles. The number of alkyl carbamates (subject to hydrolysis) is 1. The lowest BCUT2D eigenvalue weighted by molar-refractivity contribution is -0.141. The van der Waals surface area contributed by atoms with Gasteiger partial charge in [0.1, 0.15) is 12.6 Å². The lowest BCUT2D eigenvalue weighted by Crippen LogP contribution is -2.57. The van der Waals surface area contributed by atoms with E-state index in [4.69, 9.17) is 10.5 Å². The van der Waals surface area contributed by atoms with Crippen molar-refractivity contribution in [1.82, 2.24) is 16.0 Å². The molecule has 0 heterocycles. The second-order valence-corrected chi connectivity index (χ2v) is 10.7. The fraction of sp³-hybridized carbons (Fsp3) is 0.452. The maximum atomic E-state index is 13.3. The lowest BCUT2D eigenvalue weighted by atomic mass is 9.93. The van der Waals surface area contributed by atoms with Crippen LogP contribution in [0.15, 0.2) is 60.7 Å². The molecular weight excluding hydrogens is 524 g/mol. The van der Waals surface area contributed by atoms with Gasteiger partial charge in [-0.25, -0.2) is 4.79 Å². The highest BCUT2D eigenvalue weighted by atomic mass is 16.5. The Morgan fingerprint density at radius 3 is 1.95 bits per heavy atom. The van der Waals surface area contributed by atoms with Gasteiger partial charge < -0.3 is 26.4 Å². The van der Waals surface area contributed by atoms with Crippen molar-refractivity contribution in [3.63, 3.8) is 0 Å². The van der Waals surface area contributed by atoms with E-state index in [1.165, 1.54) is 0 Å². The van der Waals surface area contributed by atoms with Crippen LogP contribution in [0.4, 0.5) is 4.79 Å².